The summed E-state index contributed by atoms with van der Waals surface area (Å²) >= 11 is 3.20. The van der Waals surface area contributed by atoms with E-state index in [-0.39, 0.29) is 11.5 Å². The van der Waals surface area contributed by atoms with Crippen LogP contribution in [0.4, 0.5) is 15.8 Å². The maximum atomic E-state index is 13.6. The fourth-order valence-corrected chi connectivity index (χ4v) is 2.07. The lowest BCUT2D eigenvalue weighted by atomic mass is 10.2. The minimum atomic E-state index is -0.592. The van der Waals surface area contributed by atoms with Crippen molar-refractivity contribution in [3.63, 3.8) is 0 Å². The lowest BCUT2D eigenvalue weighted by molar-refractivity contribution is -0.114. The molecule has 2 N–H and O–H groups in total. The van der Waals surface area contributed by atoms with Gasteiger partial charge in [-0.3, -0.25) is 9.59 Å². The van der Waals surface area contributed by atoms with Crippen LogP contribution in [-0.2, 0) is 4.79 Å². The van der Waals surface area contributed by atoms with Crippen LogP contribution in [-0.4, -0.2) is 11.8 Å². The van der Waals surface area contributed by atoms with E-state index in [2.05, 4.69) is 26.6 Å². The molecule has 6 heteroatoms. The van der Waals surface area contributed by atoms with Gasteiger partial charge in [0, 0.05) is 22.8 Å². The van der Waals surface area contributed by atoms with E-state index in [1.165, 1.54) is 25.1 Å². The van der Waals surface area contributed by atoms with Gasteiger partial charge >= 0.3 is 0 Å². The fraction of sp³-hybridized carbons (Fsp3) is 0.0667. The van der Waals surface area contributed by atoms with Crippen molar-refractivity contribution in [3.8, 4) is 0 Å². The monoisotopic (exact) mass is 350 g/mol. The molecule has 2 aromatic rings. The molecule has 0 atom stereocenters. The van der Waals surface area contributed by atoms with Gasteiger partial charge in [0.25, 0.3) is 5.91 Å². The van der Waals surface area contributed by atoms with Crippen LogP contribution in [0.1, 0.15) is 17.3 Å². The first-order valence-corrected chi connectivity index (χ1v) is 6.89. The maximum Gasteiger partial charge on any atom is 0.258 e. The number of amides is 2. The number of anilines is 2. The number of rotatable bonds is 3. The summed E-state index contributed by atoms with van der Waals surface area (Å²) in [5.41, 5.74) is 1.08. The Morgan fingerprint density at radius 2 is 1.57 bits per heavy atom. The van der Waals surface area contributed by atoms with Gasteiger partial charge in [0.1, 0.15) is 5.82 Å². The molecule has 0 saturated carbocycles. The van der Waals surface area contributed by atoms with Gasteiger partial charge in [0.15, 0.2) is 0 Å². The van der Waals surface area contributed by atoms with Crippen molar-refractivity contribution < 1.29 is 14.0 Å². The second-order valence-corrected chi connectivity index (χ2v) is 5.25. The van der Waals surface area contributed by atoms with Crippen LogP contribution in [0, 0.1) is 5.82 Å². The van der Waals surface area contributed by atoms with Gasteiger partial charge in [-0.15, -0.1) is 0 Å². The molecule has 0 fully saturated rings. The Labute approximate surface area is 129 Å². The predicted octanol–water partition coefficient (Wildman–Crippen LogP) is 3.80. The van der Waals surface area contributed by atoms with Crippen molar-refractivity contribution >= 4 is 39.1 Å². The Bertz CT molecular complexity index is 687. The predicted molar refractivity (Wildman–Crippen MR) is 82.8 cm³/mol. The zero-order valence-electron chi connectivity index (χ0n) is 11.1. The van der Waals surface area contributed by atoms with E-state index in [1.807, 2.05) is 0 Å². The average molecular weight is 351 g/mol. The molecule has 4 nitrogen and oxygen atoms in total. The minimum Gasteiger partial charge on any atom is -0.326 e. The lowest BCUT2D eigenvalue weighted by Crippen LogP contribution is -2.14. The first-order chi connectivity index (χ1) is 9.95. The number of hydrogen-bond donors (Lipinski definition) is 2. The molecule has 0 aliphatic carbocycles. The number of hydrogen-bond acceptors (Lipinski definition) is 2. The Balaban J connectivity index is 2.12. The van der Waals surface area contributed by atoms with E-state index in [0.717, 1.165) is 0 Å². The number of halogens is 2. The van der Waals surface area contributed by atoms with Crippen LogP contribution < -0.4 is 10.6 Å². The first kappa shape index (κ1) is 15.2. The molecule has 2 aromatic carbocycles. The first-order valence-electron chi connectivity index (χ1n) is 6.10. The number of benzene rings is 2. The topological polar surface area (TPSA) is 58.2 Å². The van der Waals surface area contributed by atoms with E-state index in [9.17, 15) is 14.0 Å². The molecule has 0 heterocycles. The Kier molecular flexibility index (Phi) is 4.70. The lowest BCUT2D eigenvalue weighted by Gasteiger charge is -2.08. The van der Waals surface area contributed by atoms with E-state index >= 15 is 0 Å². The Morgan fingerprint density at radius 1 is 1.00 bits per heavy atom. The van der Waals surface area contributed by atoms with Gasteiger partial charge in [-0.05, 0) is 42.5 Å². The molecule has 0 aliphatic rings. The third-order valence-corrected chi connectivity index (χ3v) is 3.13. The highest BCUT2D eigenvalue weighted by molar-refractivity contribution is 9.10. The summed E-state index contributed by atoms with van der Waals surface area (Å²) in [6.07, 6.45) is 0. The third kappa shape index (κ3) is 4.13. The summed E-state index contributed by atoms with van der Waals surface area (Å²) in [5.74, 6) is -1.31. The maximum absolute atomic E-state index is 13.6. The normalized spacial score (nSPS) is 10.0. The van der Waals surface area contributed by atoms with Crippen molar-refractivity contribution in [2.45, 2.75) is 6.92 Å². The molecule has 0 saturated heterocycles. The number of nitrogens with one attached hydrogen (secondary N) is 2. The minimum absolute atomic E-state index is 0.0460. The van der Waals surface area contributed by atoms with E-state index in [0.29, 0.717) is 15.8 Å². The second-order valence-electron chi connectivity index (χ2n) is 4.34. The zero-order valence-corrected chi connectivity index (χ0v) is 12.7. The summed E-state index contributed by atoms with van der Waals surface area (Å²) in [7, 11) is 0. The SMILES string of the molecule is CC(=O)Nc1ccc(NC(=O)c2cc(Br)ccc2F)cc1. The van der Waals surface area contributed by atoms with Gasteiger partial charge in [-0.2, -0.15) is 0 Å². The van der Waals surface area contributed by atoms with Crippen molar-refractivity contribution in [1.82, 2.24) is 0 Å². The Morgan fingerprint density at radius 3 is 2.14 bits per heavy atom. The molecule has 108 valence electrons. The van der Waals surface area contributed by atoms with Crippen LogP contribution in [0.2, 0.25) is 0 Å². The van der Waals surface area contributed by atoms with Crippen molar-refractivity contribution in [1.29, 1.82) is 0 Å². The highest BCUT2D eigenvalue weighted by Gasteiger charge is 2.12. The molecule has 0 aromatic heterocycles. The highest BCUT2D eigenvalue weighted by atomic mass is 79.9. The van der Waals surface area contributed by atoms with Gasteiger partial charge in [0.05, 0.1) is 5.56 Å². The molecule has 0 bridgehead atoms. The van der Waals surface area contributed by atoms with Crippen LogP contribution in [0.25, 0.3) is 0 Å². The molecule has 0 radical (unpaired) electrons. The fourth-order valence-electron chi connectivity index (χ4n) is 1.71. The van der Waals surface area contributed by atoms with E-state index in [1.54, 1.807) is 24.3 Å². The zero-order chi connectivity index (χ0) is 15.4. The van der Waals surface area contributed by atoms with Gasteiger partial charge in [-0.25, -0.2) is 4.39 Å². The molecule has 0 spiro atoms. The van der Waals surface area contributed by atoms with E-state index < -0.39 is 11.7 Å². The molecule has 2 rings (SSSR count). The van der Waals surface area contributed by atoms with Crippen molar-refractivity contribution in [2.24, 2.45) is 0 Å². The van der Waals surface area contributed by atoms with Gasteiger partial charge < -0.3 is 10.6 Å². The summed E-state index contributed by atoms with van der Waals surface area (Å²) in [4.78, 5) is 22.9. The number of carbonyl (C=O) groups excluding carboxylic acids is 2. The third-order valence-electron chi connectivity index (χ3n) is 2.64. The van der Waals surface area contributed by atoms with Crippen LogP contribution in [0.3, 0.4) is 0 Å². The molecule has 2 amide bonds. The summed E-state index contributed by atoms with van der Waals surface area (Å²) in [5, 5.41) is 5.21. The Hall–Kier alpha value is -2.21. The van der Waals surface area contributed by atoms with Crippen molar-refractivity contribution in [2.75, 3.05) is 10.6 Å². The van der Waals surface area contributed by atoms with Crippen LogP contribution >= 0.6 is 15.9 Å². The summed E-state index contributed by atoms with van der Waals surface area (Å²) in [6.45, 7) is 1.41. The standard InChI is InChI=1S/C15H12BrFN2O2/c1-9(20)18-11-3-5-12(6-4-11)19-15(21)13-8-10(16)2-7-14(13)17/h2-8H,1H3,(H,18,20)(H,19,21). The largest absolute Gasteiger partial charge is 0.326 e. The van der Waals surface area contributed by atoms with Crippen LogP contribution in [0.15, 0.2) is 46.9 Å². The molecule has 0 aliphatic heterocycles. The molecule has 0 unspecified atom stereocenters. The molecular weight excluding hydrogens is 339 g/mol. The van der Waals surface area contributed by atoms with Crippen molar-refractivity contribution in [3.05, 3.63) is 58.3 Å². The smallest absolute Gasteiger partial charge is 0.258 e. The summed E-state index contributed by atoms with van der Waals surface area (Å²) < 4.78 is 14.2. The average Bonchev–Trinajstić information content (AvgIpc) is 2.43. The van der Waals surface area contributed by atoms with E-state index in [4.69, 9.17) is 0 Å². The number of carbonyl (C=O) groups is 2. The highest BCUT2D eigenvalue weighted by Crippen LogP contribution is 2.18. The quantitative estimate of drug-likeness (QED) is 0.884. The van der Waals surface area contributed by atoms with Crippen LogP contribution in [0.5, 0.6) is 0 Å². The second kappa shape index (κ2) is 6.49. The molecule has 21 heavy (non-hydrogen) atoms. The summed E-state index contributed by atoms with van der Waals surface area (Å²) in [6, 6.07) is 10.7. The molecular formula is C15H12BrFN2O2. The van der Waals surface area contributed by atoms with Gasteiger partial charge in [0.2, 0.25) is 5.91 Å². The van der Waals surface area contributed by atoms with Gasteiger partial charge in [-0.1, -0.05) is 15.9 Å².